The summed E-state index contributed by atoms with van der Waals surface area (Å²) in [4.78, 5) is 11.3. The number of carbonyl (C=O) groups is 1. The molecule has 1 unspecified atom stereocenters. The van der Waals surface area contributed by atoms with Crippen molar-refractivity contribution in [2.24, 2.45) is 0 Å². The van der Waals surface area contributed by atoms with Crippen LogP contribution in [0.4, 0.5) is 5.69 Å². The van der Waals surface area contributed by atoms with E-state index < -0.39 is 5.97 Å². The normalized spacial score (nSPS) is 18.3. The predicted octanol–water partition coefficient (Wildman–Crippen LogP) is 1.92. The minimum absolute atomic E-state index is 0.0540. The Kier molecular flexibility index (Phi) is 3.47. The topological polar surface area (TPSA) is 84.3 Å². The van der Waals surface area contributed by atoms with Crippen LogP contribution in [0, 0.1) is 0 Å². The molecule has 1 atom stereocenters. The van der Waals surface area contributed by atoms with E-state index in [2.05, 4.69) is 15.5 Å². The van der Waals surface area contributed by atoms with E-state index in [-0.39, 0.29) is 11.8 Å². The second-order valence-corrected chi connectivity index (χ2v) is 4.76. The molecular formula is C14H15N3O3. The van der Waals surface area contributed by atoms with Crippen molar-refractivity contribution in [2.75, 3.05) is 18.5 Å². The van der Waals surface area contributed by atoms with Crippen molar-refractivity contribution >= 4 is 22.6 Å². The van der Waals surface area contributed by atoms with Gasteiger partial charge in [0, 0.05) is 18.5 Å². The van der Waals surface area contributed by atoms with Crippen molar-refractivity contribution in [2.45, 2.75) is 18.9 Å². The van der Waals surface area contributed by atoms with Crippen molar-refractivity contribution in [1.29, 1.82) is 0 Å². The summed E-state index contributed by atoms with van der Waals surface area (Å²) in [7, 11) is 0. The number of carboxylic acids is 1. The molecular weight excluding hydrogens is 258 g/mol. The lowest BCUT2D eigenvalue weighted by molar-refractivity contribution is 0.0690. The van der Waals surface area contributed by atoms with Crippen molar-refractivity contribution in [3.05, 3.63) is 30.0 Å². The van der Waals surface area contributed by atoms with Gasteiger partial charge in [0.25, 0.3) is 0 Å². The van der Waals surface area contributed by atoms with Gasteiger partial charge in [-0.3, -0.25) is 0 Å². The lowest BCUT2D eigenvalue weighted by Crippen LogP contribution is -2.20. The summed E-state index contributed by atoms with van der Waals surface area (Å²) in [6.07, 6.45) is 2.17. The highest BCUT2D eigenvalue weighted by atomic mass is 16.5. The Balaban J connectivity index is 1.96. The summed E-state index contributed by atoms with van der Waals surface area (Å²) in [5.74, 6) is -1.09. The quantitative estimate of drug-likeness (QED) is 0.885. The molecule has 0 bridgehead atoms. The molecule has 2 N–H and O–H groups in total. The van der Waals surface area contributed by atoms with Crippen LogP contribution in [0.25, 0.3) is 10.9 Å². The number of hydrogen-bond donors (Lipinski definition) is 2. The zero-order valence-corrected chi connectivity index (χ0v) is 10.9. The van der Waals surface area contributed by atoms with Crippen molar-refractivity contribution in [1.82, 2.24) is 10.2 Å². The van der Waals surface area contributed by atoms with Crippen LogP contribution in [0.2, 0.25) is 0 Å². The number of nitrogens with one attached hydrogen (secondary N) is 1. The summed E-state index contributed by atoms with van der Waals surface area (Å²) < 4.78 is 5.54. The number of rotatable bonds is 4. The number of nitrogens with zero attached hydrogens (tertiary/aromatic N) is 2. The summed E-state index contributed by atoms with van der Waals surface area (Å²) in [6, 6.07) is 7.35. The predicted molar refractivity (Wildman–Crippen MR) is 74.0 cm³/mol. The number of anilines is 1. The van der Waals surface area contributed by atoms with Crippen LogP contribution in [-0.2, 0) is 4.74 Å². The van der Waals surface area contributed by atoms with Gasteiger partial charge < -0.3 is 15.2 Å². The number of fused-ring (bicyclic) bond motifs is 1. The van der Waals surface area contributed by atoms with Crippen LogP contribution in [0.3, 0.4) is 0 Å². The van der Waals surface area contributed by atoms with Gasteiger partial charge in [0.15, 0.2) is 5.69 Å². The van der Waals surface area contributed by atoms with E-state index in [1.54, 1.807) is 0 Å². The molecule has 1 aliphatic rings. The molecule has 0 radical (unpaired) electrons. The minimum atomic E-state index is -1.09. The highest BCUT2D eigenvalue weighted by Gasteiger charge is 2.19. The Morgan fingerprint density at radius 3 is 3.00 bits per heavy atom. The second-order valence-electron chi connectivity index (χ2n) is 4.76. The maximum atomic E-state index is 11.3. The molecule has 1 aromatic heterocycles. The first kappa shape index (κ1) is 12.8. The van der Waals surface area contributed by atoms with Gasteiger partial charge in [-0.1, -0.05) is 18.2 Å². The van der Waals surface area contributed by atoms with Crippen molar-refractivity contribution in [3.63, 3.8) is 0 Å². The first-order chi connectivity index (χ1) is 9.75. The van der Waals surface area contributed by atoms with Gasteiger partial charge in [0.2, 0.25) is 0 Å². The van der Waals surface area contributed by atoms with E-state index in [9.17, 15) is 9.90 Å². The highest BCUT2D eigenvalue weighted by Crippen LogP contribution is 2.25. The fraction of sp³-hybridized carbons (Fsp3) is 0.357. The van der Waals surface area contributed by atoms with Crippen molar-refractivity contribution in [3.8, 4) is 0 Å². The fourth-order valence-corrected chi connectivity index (χ4v) is 2.40. The lowest BCUT2D eigenvalue weighted by Gasteiger charge is -2.14. The molecule has 0 spiro atoms. The molecule has 3 rings (SSSR count). The molecule has 0 saturated carbocycles. The SMILES string of the molecule is O=C(O)c1nnc2ccccc2c1NCC1CCCO1. The highest BCUT2D eigenvalue weighted by molar-refractivity contribution is 6.02. The third kappa shape index (κ3) is 2.42. The molecule has 6 heteroatoms. The third-order valence-corrected chi connectivity index (χ3v) is 3.40. The Morgan fingerprint density at radius 2 is 2.25 bits per heavy atom. The summed E-state index contributed by atoms with van der Waals surface area (Å²) in [6.45, 7) is 1.35. The maximum absolute atomic E-state index is 11.3. The standard InChI is InChI=1S/C14H15N3O3/c18-14(19)13-12(15-8-9-4-3-7-20-9)10-5-1-2-6-11(10)16-17-13/h1-2,5-6,9H,3-4,7-8H2,(H,15,16)(H,18,19). The molecule has 104 valence electrons. The van der Waals surface area contributed by atoms with Crippen LogP contribution < -0.4 is 5.32 Å². The van der Waals surface area contributed by atoms with Gasteiger partial charge in [-0.05, 0) is 18.9 Å². The van der Waals surface area contributed by atoms with Crippen molar-refractivity contribution < 1.29 is 14.6 Å². The van der Waals surface area contributed by atoms with E-state index in [1.165, 1.54) is 0 Å². The average molecular weight is 273 g/mol. The van der Waals surface area contributed by atoms with Gasteiger partial charge in [-0.15, -0.1) is 10.2 Å². The van der Waals surface area contributed by atoms with E-state index in [0.717, 1.165) is 24.8 Å². The number of carboxylic acid groups (broad SMARTS) is 1. The Morgan fingerprint density at radius 1 is 1.40 bits per heavy atom. The number of aromatic carboxylic acids is 1. The van der Waals surface area contributed by atoms with Crippen LogP contribution in [0.1, 0.15) is 23.3 Å². The smallest absolute Gasteiger partial charge is 0.358 e. The van der Waals surface area contributed by atoms with Gasteiger partial charge in [-0.25, -0.2) is 4.79 Å². The van der Waals surface area contributed by atoms with E-state index in [0.29, 0.717) is 17.7 Å². The van der Waals surface area contributed by atoms with Gasteiger partial charge >= 0.3 is 5.97 Å². The molecule has 20 heavy (non-hydrogen) atoms. The molecule has 1 aromatic carbocycles. The zero-order valence-electron chi connectivity index (χ0n) is 10.9. The summed E-state index contributed by atoms with van der Waals surface area (Å²) >= 11 is 0. The fourth-order valence-electron chi connectivity index (χ4n) is 2.40. The Hall–Kier alpha value is -2.21. The summed E-state index contributed by atoms with van der Waals surface area (Å²) in [5, 5.41) is 20.9. The number of ether oxygens (including phenoxy) is 1. The molecule has 2 heterocycles. The monoisotopic (exact) mass is 273 g/mol. The Labute approximate surface area is 115 Å². The largest absolute Gasteiger partial charge is 0.476 e. The van der Waals surface area contributed by atoms with Crippen LogP contribution >= 0.6 is 0 Å². The van der Waals surface area contributed by atoms with Gasteiger partial charge in [0.1, 0.15) is 0 Å². The van der Waals surface area contributed by atoms with E-state index >= 15 is 0 Å². The molecule has 1 fully saturated rings. The van der Waals surface area contributed by atoms with E-state index in [4.69, 9.17) is 4.74 Å². The first-order valence-corrected chi connectivity index (χ1v) is 6.60. The number of benzene rings is 1. The molecule has 0 amide bonds. The van der Waals surface area contributed by atoms with Crippen LogP contribution in [0.15, 0.2) is 24.3 Å². The zero-order chi connectivity index (χ0) is 13.9. The number of aromatic nitrogens is 2. The third-order valence-electron chi connectivity index (χ3n) is 3.40. The van der Waals surface area contributed by atoms with Gasteiger partial charge in [-0.2, -0.15) is 0 Å². The maximum Gasteiger partial charge on any atom is 0.358 e. The second kappa shape index (κ2) is 5.42. The number of hydrogen-bond acceptors (Lipinski definition) is 5. The molecule has 0 aliphatic carbocycles. The first-order valence-electron chi connectivity index (χ1n) is 6.60. The Bertz CT molecular complexity index is 639. The summed E-state index contributed by atoms with van der Waals surface area (Å²) in [5.41, 5.74) is 1.13. The van der Waals surface area contributed by atoms with E-state index in [1.807, 2.05) is 24.3 Å². The molecule has 2 aromatic rings. The average Bonchev–Trinajstić information content (AvgIpc) is 2.97. The molecule has 1 saturated heterocycles. The molecule has 1 aliphatic heterocycles. The molecule has 6 nitrogen and oxygen atoms in total. The van der Waals surface area contributed by atoms with Crippen LogP contribution in [-0.4, -0.2) is 40.5 Å². The minimum Gasteiger partial charge on any atom is -0.476 e. The van der Waals surface area contributed by atoms with Crippen LogP contribution in [0.5, 0.6) is 0 Å². The lowest BCUT2D eigenvalue weighted by atomic mass is 10.1. The van der Waals surface area contributed by atoms with Gasteiger partial charge in [0.05, 0.1) is 17.3 Å².